The molecule has 0 aliphatic rings. The Balaban J connectivity index is 1.44. The van der Waals surface area contributed by atoms with E-state index in [0.717, 1.165) is 5.56 Å². The van der Waals surface area contributed by atoms with Gasteiger partial charge in [-0.2, -0.15) is 0 Å². The molecule has 0 fully saturated rings. The van der Waals surface area contributed by atoms with Crippen LogP contribution in [0.25, 0.3) is 11.0 Å². The van der Waals surface area contributed by atoms with E-state index in [2.05, 4.69) is 25.3 Å². The van der Waals surface area contributed by atoms with Crippen molar-refractivity contribution in [3.63, 3.8) is 0 Å². The third-order valence-electron chi connectivity index (χ3n) is 6.13. The van der Waals surface area contributed by atoms with Crippen LogP contribution in [-0.2, 0) is 21.2 Å². The van der Waals surface area contributed by atoms with Gasteiger partial charge in [-0.3, -0.25) is 9.52 Å². The number of anilines is 4. The quantitative estimate of drug-likeness (QED) is 0.203. The number of aryl methyl sites for hydroxylation is 1. The first-order valence-corrected chi connectivity index (χ1v) is 13.9. The summed E-state index contributed by atoms with van der Waals surface area (Å²) in [5.74, 6) is 1.41. The van der Waals surface area contributed by atoms with Crippen LogP contribution in [0.4, 0.5) is 23.0 Å². The molecule has 5 aromatic rings. The van der Waals surface area contributed by atoms with Gasteiger partial charge in [0.25, 0.3) is 10.0 Å². The number of benzene rings is 3. The number of furan rings is 1. The summed E-state index contributed by atoms with van der Waals surface area (Å²) in [4.78, 5) is 21.6. The van der Waals surface area contributed by atoms with Gasteiger partial charge >= 0.3 is 0 Å². The Morgan fingerprint density at radius 1 is 0.854 bits per heavy atom. The summed E-state index contributed by atoms with van der Waals surface area (Å²) in [6, 6.07) is 19.9. The van der Waals surface area contributed by atoms with Crippen molar-refractivity contribution in [3.8, 4) is 11.5 Å². The Morgan fingerprint density at radius 2 is 1.54 bits per heavy atom. The third kappa shape index (κ3) is 6.39. The molecule has 2 heterocycles. The summed E-state index contributed by atoms with van der Waals surface area (Å²) >= 11 is 0. The number of carbonyl (C=O) groups excluding carboxylic acids is 1. The van der Waals surface area contributed by atoms with E-state index in [0.29, 0.717) is 39.7 Å². The van der Waals surface area contributed by atoms with E-state index in [1.54, 1.807) is 48.5 Å². The van der Waals surface area contributed by atoms with Gasteiger partial charge in [-0.05, 0) is 48.9 Å². The molecule has 0 aliphatic carbocycles. The molecule has 0 saturated carbocycles. The fourth-order valence-corrected chi connectivity index (χ4v) is 5.09. The van der Waals surface area contributed by atoms with Gasteiger partial charge in [0.2, 0.25) is 5.91 Å². The van der Waals surface area contributed by atoms with Crippen molar-refractivity contribution < 1.29 is 27.1 Å². The number of hydrogen-bond donors (Lipinski definition) is 3. The molecule has 0 spiro atoms. The first kappa shape index (κ1) is 27.5. The maximum absolute atomic E-state index is 13.5. The number of fused-ring (bicyclic) bond motifs is 1. The summed E-state index contributed by atoms with van der Waals surface area (Å²) in [5.41, 5.74) is 2.77. The minimum atomic E-state index is -4.15. The zero-order valence-corrected chi connectivity index (χ0v) is 23.3. The van der Waals surface area contributed by atoms with Crippen LogP contribution in [0.15, 0.2) is 88.4 Å². The molecule has 3 N–H and O–H groups in total. The van der Waals surface area contributed by atoms with Crippen molar-refractivity contribution >= 4 is 50.0 Å². The molecule has 0 atom stereocenters. The monoisotopic (exact) mass is 573 g/mol. The van der Waals surface area contributed by atoms with Crippen molar-refractivity contribution in [2.24, 2.45) is 0 Å². The zero-order chi connectivity index (χ0) is 29.0. The van der Waals surface area contributed by atoms with E-state index in [1.165, 1.54) is 38.7 Å². The summed E-state index contributed by atoms with van der Waals surface area (Å²) in [6.45, 7) is 1.84. The molecule has 5 rings (SSSR count). The maximum atomic E-state index is 13.5. The number of sulfonamides is 1. The first-order valence-electron chi connectivity index (χ1n) is 12.5. The molecule has 210 valence electrons. The van der Waals surface area contributed by atoms with Gasteiger partial charge in [-0.15, -0.1) is 0 Å². The van der Waals surface area contributed by atoms with Crippen molar-refractivity contribution in [2.45, 2.75) is 18.2 Å². The number of nitrogens with one attached hydrogen (secondary N) is 3. The lowest BCUT2D eigenvalue weighted by Gasteiger charge is -2.15. The van der Waals surface area contributed by atoms with Crippen LogP contribution >= 0.6 is 0 Å². The Kier molecular flexibility index (Phi) is 7.74. The lowest BCUT2D eigenvalue weighted by atomic mass is 10.2. The van der Waals surface area contributed by atoms with Crippen LogP contribution in [0.5, 0.6) is 11.5 Å². The number of aromatic nitrogens is 2. The number of amides is 1. The van der Waals surface area contributed by atoms with Gasteiger partial charge < -0.3 is 24.5 Å². The highest BCUT2D eigenvalue weighted by Gasteiger charge is 2.20. The molecule has 12 heteroatoms. The summed E-state index contributed by atoms with van der Waals surface area (Å²) in [7, 11) is -1.09. The van der Waals surface area contributed by atoms with Crippen LogP contribution in [-0.4, -0.2) is 38.5 Å². The normalized spacial score (nSPS) is 11.2. The van der Waals surface area contributed by atoms with Crippen molar-refractivity contribution in [3.05, 3.63) is 90.4 Å². The molecular weight excluding hydrogens is 546 g/mol. The lowest BCUT2D eigenvalue weighted by molar-refractivity contribution is -0.115. The minimum Gasteiger partial charge on any atom is -0.497 e. The maximum Gasteiger partial charge on any atom is 0.263 e. The Bertz CT molecular complexity index is 1810. The molecule has 11 nitrogen and oxygen atoms in total. The van der Waals surface area contributed by atoms with Gasteiger partial charge in [-0.1, -0.05) is 18.2 Å². The van der Waals surface area contributed by atoms with Crippen LogP contribution in [0.3, 0.4) is 0 Å². The Morgan fingerprint density at radius 3 is 2.17 bits per heavy atom. The molecule has 2 aromatic heterocycles. The second-order valence-electron chi connectivity index (χ2n) is 9.02. The molecule has 41 heavy (non-hydrogen) atoms. The minimum absolute atomic E-state index is 0.0187. The smallest absolute Gasteiger partial charge is 0.263 e. The molecule has 0 saturated heterocycles. The number of carbonyl (C=O) groups is 1. The third-order valence-corrected chi connectivity index (χ3v) is 7.47. The number of rotatable bonds is 10. The number of ether oxygens (including phenoxy) is 2. The average Bonchev–Trinajstić information content (AvgIpc) is 3.36. The van der Waals surface area contributed by atoms with E-state index < -0.39 is 10.0 Å². The Labute approximate surface area is 236 Å². The van der Waals surface area contributed by atoms with Crippen LogP contribution in [0, 0.1) is 6.92 Å². The van der Waals surface area contributed by atoms with Crippen LogP contribution < -0.4 is 24.8 Å². The highest BCUT2D eigenvalue weighted by molar-refractivity contribution is 7.92. The Hall–Kier alpha value is -5.10. The predicted octanol–water partition coefficient (Wildman–Crippen LogP) is 5.27. The topological polar surface area (TPSA) is 145 Å². The van der Waals surface area contributed by atoms with E-state index in [9.17, 15) is 13.2 Å². The lowest BCUT2D eigenvalue weighted by Crippen LogP contribution is -2.17. The second kappa shape index (κ2) is 11.6. The van der Waals surface area contributed by atoms with Gasteiger partial charge in [0.15, 0.2) is 11.6 Å². The second-order valence-corrected chi connectivity index (χ2v) is 10.7. The molecular formula is C29H27N5O6S. The molecule has 0 unspecified atom stereocenters. The van der Waals surface area contributed by atoms with E-state index in [4.69, 9.17) is 13.9 Å². The standard InChI is InChI=1S/C29H27N5O6S/c1-18-11-12-40-26(18)17-27(35)30-19-7-6-8-23(15-19)41(36,37)34-29-28(32-24-9-4-5-10-25(24)33-29)31-20-13-21(38-2)16-22(14-20)39-3/h4-16H,17H2,1-3H3,(H,30,35)(H,31,32)(H,33,34). The molecule has 0 radical (unpaired) electrons. The summed E-state index contributed by atoms with van der Waals surface area (Å²) in [5, 5.41) is 5.84. The van der Waals surface area contributed by atoms with E-state index in [1.807, 2.05) is 13.0 Å². The predicted molar refractivity (Wildman–Crippen MR) is 155 cm³/mol. The van der Waals surface area contributed by atoms with E-state index >= 15 is 0 Å². The van der Waals surface area contributed by atoms with Gasteiger partial charge in [-0.25, -0.2) is 18.4 Å². The van der Waals surface area contributed by atoms with Crippen molar-refractivity contribution in [1.82, 2.24) is 9.97 Å². The molecule has 0 bridgehead atoms. The number of nitrogens with zero attached hydrogens (tertiary/aromatic N) is 2. The number of methoxy groups -OCH3 is 2. The number of hydrogen-bond acceptors (Lipinski definition) is 9. The van der Waals surface area contributed by atoms with Gasteiger partial charge in [0.05, 0.1) is 42.8 Å². The van der Waals surface area contributed by atoms with Crippen molar-refractivity contribution in [1.29, 1.82) is 0 Å². The SMILES string of the molecule is COc1cc(Nc2nc3ccccc3nc2NS(=O)(=O)c2cccc(NC(=O)Cc3occc3C)c2)cc(OC)c1. The fraction of sp³-hybridized carbons (Fsp3) is 0.138. The van der Waals surface area contributed by atoms with Crippen LogP contribution in [0.2, 0.25) is 0 Å². The summed E-state index contributed by atoms with van der Waals surface area (Å²) < 4.78 is 45.6. The highest BCUT2D eigenvalue weighted by atomic mass is 32.2. The summed E-state index contributed by atoms with van der Waals surface area (Å²) in [6.07, 6.45) is 1.53. The van der Waals surface area contributed by atoms with Gasteiger partial charge in [0, 0.05) is 29.6 Å². The van der Waals surface area contributed by atoms with Crippen molar-refractivity contribution in [2.75, 3.05) is 29.6 Å². The largest absolute Gasteiger partial charge is 0.497 e. The first-order chi connectivity index (χ1) is 19.7. The zero-order valence-electron chi connectivity index (χ0n) is 22.5. The molecule has 0 aliphatic heterocycles. The van der Waals surface area contributed by atoms with Gasteiger partial charge in [0.1, 0.15) is 17.3 Å². The average molecular weight is 574 g/mol. The molecule has 1 amide bonds. The van der Waals surface area contributed by atoms with Crippen LogP contribution in [0.1, 0.15) is 11.3 Å². The fourth-order valence-electron chi connectivity index (χ4n) is 4.04. The van der Waals surface area contributed by atoms with E-state index in [-0.39, 0.29) is 28.9 Å². The number of para-hydroxylation sites is 2. The highest BCUT2D eigenvalue weighted by Crippen LogP contribution is 2.31. The molecule has 3 aromatic carbocycles.